The Morgan fingerprint density at radius 1 is 1.00 bits per heavy atom. The van der Waals surface area contributed by atoms with Gasteiger partial charge < -0.3 is 31.9 Å². The molecule has 0 atom stereocenters. The van der Waals surface area contributed by atoms with Crippen LogP contribution in [0, 0.1) is 0 Å². The monoisotopic (exact) mass is 446 g/mol. The average Bonchev–Trinajstić information content (AvgIpc) is 2.70. The molecule has 0 aromatic heterocycles. The minimum absolute atomic E-state index is 0. The molecule has 0 bridgehead atoms. The van der Waals surface area contributed by atoms with E-state index in [1.807, 2.05) is 60.7 Å². The van der Waals surface area contributed by atoms with E-state index in [-0.39, 0.29) is 22.9 Å². The Kier molecular flexibility index (Phi) is 7.81. The minimum Gasteiger partial charge on any atom is -1.00 e. The zero-order valence-electron chi connectivity index (χ0n) is 16.8. The van der Waals surface area contributed by atoms with Crippen LogP contribution in [-0.2, 0) is 14.9 Å². The van der Waals surface area contributed by atoms with E-state index in [4.69, 9.17) is 10.5 Å². The third-order valence-corrected chi connectivity index (χ3v) is 6.34. The first-order chi connectivity index (χ1) is 13.0. The molecule has 4 nitrogen and oxygen atoms in total. The number of hydrogen-bond donors (Lipinski definition) is 1. The Morgan fingerprint density at radius 2 is 1.46 bits per heavy atom. The number of carbonyl (C=O) groups excluding carboxylic acids is 1. The second-order valence-corrected chi connectivity index (χ2v) is 7.85. The van der Waals surface area contributed by atoms with Crippen molar-refractivity contribution in [3.63, 3.8) is 0 Å². The molecule has 0 unspecified atom stereocenters. The molecule has 2 N–H and O–H groups in total. The highest BCUT2D eigenvalue weighted by Crippen LogP contribution is 2.37. The third kappa shape index (κ3) is 4.32. The van der Waals surface area contributed by atoms with Crippen molar-refractivity contribution < 1.29 is 31.0 Å². The first-order valence-electron chi connectivity index (χ1n) is 9.86. The minimum atomic E-state index is -0.818. The van der Waals surface area contributed by atoms with Crippen LogP contribution in [0.15, 0.2) is 60.7 Å². The Bertz CT molecular complexity index is 704. The summed E-state index contributed by atoms with van der Waals surface area (Å²) >= 11 is 0. The summed E-state index contributed by atoms with van der Waals surface area (Å²) in [5.74, 6) is -0.282. The lowest BCUT2D eigenvalue weighted by molar-refractivity contribution is -0.954. The number of hydrogen-bond acceptors (Lipinski definition) is 2. The molecule has 5 heteroatoms. The molecule has 0 radical (unpaired) electrons. The maximum atomic E-state index is 13.0. The molecule has 1 aliphatic heterocycles. The molecular formula is C23H31BrN2O2. The van der Waals surface area contributed by atoms with Crippen molar-refractivity contribution in [3.05, 3.63) is 71.8 Å². The highest BCUT2D eigenvalue weighted by molar-refractivity contribution is 5.90. The number of rotatable bonds is 7. The third-order valence-electron chi connectivity index (χ3n) is 6.34. The molecular weight excluding hydrogens is 416 g/mol. The Morgan fingerprint density at radius 3 is 1.86 bits per heavy atom. The molecule has 0 saturated carbocycles. The summed E-state index contributed by atoms with van der Waals surface area (Å²) in [5, 5.41) is 0. The molecule has 0 aliphatic carbocycles. The predicted octanol–water partition coefficient (Wildman–Crippen LogP) is 0.108. The lowest BCUT2D eigenvalue weighted by Crippen LogP contribution is -3.00. The van der Waals surface area contributed by atoms with Crippen molar-refractivity contribution in [2.24, 2.45) is 5.73 Å². The van der Waals surface area contributed by atoms with Gasteiger partial charge in [-0.2, -0.15) is 0 Å². The molecule has 2 aromatic rings. The van der Waals surface area contributed by atoms with Crippen molar-refractivity contribution in [3.8, 4) is 0 Å². The zero-order valence-corrected chi connectivity index (χ0v) is 18.4. The Labute approximate surface area is 179 Å². The number of primary amides is 1. The van der Waals surface area contributed by atoms with Crippen LogP contribution < -0.4 is 22.7 Å². The second-order valence-electron chi connectivity index (χ2n) is 7.85. The van der Waals surface area contributed by atoms with Crippen molar-refractivity contribution >= 4 is 5.91 Å². The van der Waals surface area contributed by atoms with Crippen LogP contribution in [0.4, 0.5) is 0 Å². The van der Waals surface area contributed by atoms with E-state index in [1.54, 1.807) is 0 Å². The van der Waals surface area contributed by atoms with Gasteiger partial charge in [-0.15, -0.1) is 0 Å². The van der Waals surface area contributed by atoms with Crippen molar-refractivity contribution in [1.82, 2.24) is 0 Å². The number of nitrogens with two attached hydrogens (primary N) is 1. The zero-order chi connectivity index (χ0) is 19.3. The lowest BCUT2D eigenvalue weighted by atomic mass is 9.71. The standard InChI is InChI=1S/C23H30N2O2.BrH/c1-19(2)25(15-17-27-18-16-25)14-13-23(22(24)26,20-9-5-3-6-10-20)21-11-7-4-8-12-21;/h3-12,19H,13-18H2,1-2H3,(H-,24,26);1H. The van der Waals surface area contributed by atoms with E-state index in [2.05, 4.69) is 13.8 Å². The van der Waals surface area contributed by atoms with E-state index in [0.29, 0.717) is 12.5 Å². The molecule has 28 heavy (non-hydrogen) atoms. The predicted molar refractivity (Wildman–Crippen MR) is 108 cm³/mol. The molecule has 1 saturated heterocycles. The molecule has 152 valence electrons. The molecule has 1 heterocycles. The molecule has 0 spiro atoms. The maximum absolute atomic E-state index is 13.0. The van der Waals surface area contributed by atoms with Crippen molar-refractivity contribution in [2.75, 3.05) is 32.8 Å². The number of carbonyl (C=O) groups is 1. The number of morpholine rings is 1. The Balaban J connectivity index is 0.00000280. The first kappa shape index (κ1) is 22.6. The fraction of sp³-hybridized carbons (Fsp3) is 0.435. The van der Waals surface area contributed by atoms with Gasteiger partial charge in [-0.3, -0.25) is 4.79 Å². The van der Waals surface area contributed by atoms with E-state index in [0.717, 1.165) is 48.5 Å². The van der Waals surface area contributed by atoms with Gasteiger partial charge in [-0.1, -0.05) is 60.7 Å². The van der Waals surface area contributed by atoms with E-state index >= 15 is 0 Å². The van der Waals surface area contributed by atoms with Crippen molar-refractivity contribution in [2.45, 2.75) is 31.7 Å². The number of benzene rings is 2. The summed E-state index contributed by atoms with van der Waals surface area (Å²) in [6.07, 6.45) is 0.689. The van der Waals surface area contributed by atoms with Gasteiger partial charge in [0.25, 0.3) is 0 Å². The highest BCUT2D eigenvalue weighted by Gasteiger charge is 2.44. The van der Waals surface area contributed by atoms with Crippen LogP contribution in [0.1, 0.15) is 31.4 Å². The highest BCUT2D eigenvalue weighted by atomic mass is 79.9. The van der Waals surface area contributed by atoms with Gasteiger partial charge >= 0.3 is 0 Å². The number of quaternary nitrogens is 1. The molecule has 2 aromatic carbocycles. The van der Waals surface area contributed by atoms with Crippen LogP contribution in [-0.4, -0.2) is 49.3 Å². The summed E-state index contributed by atoms with van der Waals surface area (Å²) in [7, 11) is 0. The average molecular weight is 447 g/mol. The van der Waals surface area contributed by atoms with Gasteiger partial charge in [-0.05, 0) is 25.0 Å². The van der Waals surface area contributed by atoms with Crippen LogP contribution in [0.25, 0.3) is 0 Å². The lowest BCUT2D eigenvalue weighted by Gasteiger charge is -2.46. The van der Waals surface area contributed by atoms with Gasteiger partial charge in [0, 0.05) is 6.42 Å². The van der Waals surface area contributed by atoms with E-state index in [9.17, 15) is 4.79 Å². The largest absolute Gasteiger partial charge is 1.00 e. The number of nitrogens with zero attached hydrogens (tertiary/aromatic N) is 1. The van der Waals surface area contributed by atoms with Gasteiger partial charge in [0.1, 0.15) is 18.5 Å². The van der Waals surface area contributed by atoms with Gasteiger partial charge in [-0.25, -0.2) is 0 Å². The second kappa shape index (κ2) is 9.68. The molecule has 1 amide bonds. The SMILES string of the molecule is CC(C)[N+]1(CCC(C(N)=O)(c2ccccc2)c2ccccc2)CCOCC1.[Br-]. The maximum Gasteiger partial charge on any atom is 0.232 e. The quantitative estimate of drug-likeness (QED) is 0.613. The van der Waals surface area contributed by atoms with E-state index in [1.165, 1.54) is 0 Å². The molecule has 3 rings (SSSR count). The molecule has 1 aliphatic rings. The van der Waals surface area contributed by atoms with Gasteiger partial charge in [0.05, 0.1) is 25.8 Å². The van der Waals surface area contributed by atoms with Crippen LogP contribution >= 0.6 is 0 Å². The first-order valence-corrected chi connectivity index (χ1v) is 9.86. The van der Waals surface area contributed by atoms with Crippen LogP contribution in [0.3, 0.4) is 0 Å². The smallest absolute Gasteiger partial charge is 0.232 e. The van der Waals surface area contributed by atoms with Gasteiger partial charge in [0.15, 0.2) is 0 Å². The number of ether oxygens (including phenoxy) is 1. The summed E-state index contributed by atoms with van der Waals surface area (Å²) < 4.78 is 6.58. The van der Waals surface area contributed by atoms with Crippen LogP contribution in [0.5, 0.6) is 0 Å². The normalized spacial score (nSPS) is 16.4. The fourth-order valence-corrected chi connectivity index (χ4v) is 4.40. The number of halogens is 1. The van der Waals surface area contributed by atoms with E-state index < -0.39 is 5.41 Å². The summed E-state index contributed by atoms with van der Waals surface area (Å²) in [4.78, 5) is 13.0. The fourth-order valence-electron chi connectivity index (χ4n) is 4.40. The van der Waals surface area contributed by atoms with Crippen LogP contribution in [0.2, 0.25) is 0 Å². The van der Waals surface area contributed by atoms with Gasteiger partial charge in [0.2, 0.25) is 5.91 Å². The summed E-state index contributed by atoms with van der Waals surface area (Å²) in [6.45, 7) is 8.95. The topological polar surface area (TPSA) is 52.3 Å². The summed E-state index contributed by atoms with van der Waals surface area (Å²) in [6, 6.07) is 20.5. The van der Waals surface area contributed by atoms with Crippen molar-refractivity contribution in [1.29, 1.82) is 0 Å². The Hall–Kier alpha value is -1.69. The number of amides is 1. The summed E-state index contributed by atoms with van der Waals surface area (Å²) in [5.41, 5.74) is 7.22. The molecule has 1 fully saturated rings.